The molecule has 21 heavy (non-hydrogen) atoms. The summed E-state index contributed by atoms with van der Waals surface area (Å²) >= 11 is 0. The second-order valence-corrected chi connectivity index (χ2v) is 5.82. The number of nitrogens with zero attached hydrogens (tertiary/aromatic N) is 4. The van der Waals surface area contributed by atoms with Crippen LogP contribution in [0.5, 0.6) is 0 Å². The van der Waals surface area contributed by atoms with Crippen LogP contribution in [0.1, 0.15) is 32.0 Å². The molecule has 1 saturated heterocycles. The Morgan fingerprint density at radius 3 is 2.81 bits per heavy atom. The maximum Gasteiger partial charge on any atom is 0.225 e. The summed E-state index contributed by atoms with van der Waals surface area (Å²) in [4.78, 5) is 23.0. The quantitative estimate of drug-likeness (QED) is 0.870. The zero-order valence-corrected chi connectivity index (χ0v) is 12.7. The molecule has 1 fully saturated rings. The predicted molar refractivity (Wildman–Crippen MR) is 80.7 cm³/mol. The molecule has 0 spiro atoms. The summed E-state index contributed by atoms with van der Waals surface area (Å²) in [6, 6.07) is 6.29. The molecule has 1 aliphatic heterocycles. The van der Waals surface area contributed by atoms with Crippen molar-refractivity contribution in [2.45, 2.75) is 39.3 Å². The molecule has 2 aromatic heterocycles. The normalized spacial score (nSPS) is 18.8. The Morgan fingerprint density at radius 1 is 1.33 bits per heavy atom. The zero-order chi connectivity index (χ0) is 15.0. The molecule has 3 rings (SSSR count). The molecular formula is C16H20N4O. The Morgan fingerprint density at radius 2 is 2.14 bits per heavy atom. The van der Waals surface area contributed by atoms with E-state index in [9.17, 15) is 4.79 Å². The third-order valence-corrected chi connectivity index (χ3v) is 3.94. The standard InChI is InChI=1S/C16H20N4O/c1-11(2)20-10-13(9-15(20)21)19-8-7-17-16(19)14-6-4-5-12(3)18-14/h4-8,11,13H,9-10H2,1-3H3/t13-/m0/s1. The van der Waals surface area contributed by atoms with Crippen molar-refractivity contribution in [2.75, 3.05) is 6.54 Å². The molecule has 1 aliphatic rings. The molecule has 0 bridgehead atoms. The highest BCUT2D eigenvalue weighted by Crippen LogP contribution is 2.28. The Balaban J connectivity index is 1.92. The smallest absolute Gasteiger partial charge is 0.225 e. The second kappa shape index (κ2) is 5.31. The zero-order valence-electron chi connectivity index (χ0n) is 12.7. The molecule has 0 aliphatic carbocycles. The number of amides is 1. The van der Waals surface area contributed by atoms with Crippen molar-refractivity contribution in [2.24, 2.45) is 0 Å². The minimum Gasteiger partial charge on any atom is -0.338 e. The highest BCUT2D eigenvalue weighted by atomic mass is 16.2. The molecule has 3 heterocycles. The Hall–Kier alpha value is -2.17. The van der Waals surface area contributed by atoms with E-state index in [1.807, 2.05) is 36.2 Å². The molecule has 2 aromatic rings. The molecule has 0 saturated carbocycles. The van der Waals surface area contributed by atoms with Gasteiger partial charge in [0.15, 0.2) is 5.82 Å². The first-order chi connectivity index (χ1) is 10.1. The molecule has 0 unspecified atom stereocenters. The first-order valence-electron chi connectivity index (χ1n) is 7.32. The second-order valence-electron chi connectivity index (χ2n) is 5.82. The number of hydrogen-bond donors (Lipinski definition) is 0. The van der Waals surface area contributed by atoms with Gasteiger partial charge in [0.1, 0.15) is 5.69 Å². The van der Waals surface area contributed by atoms with Crippen LogP contribution in [0.3, 0.4) is 0 Å². The van der Waals surface area contributed by atoms with Crippen LogP contribution in [0.2, 0.25) is 0 Å². The minimum atomic E-state index is 0.139. The maximum absolute atomic E-state index is 12.1. The predicted octanol–water partition coefficient (Wildman–Crippen LogP) is 2.44. The van der Waals surface area contributed by atoms with Gasteiger partial charge in [-0.1, -0.05) is 6.07 Å². The molecule has 0 N–H and O–H groups in total. The Kier molecular flexibility index (Phi) is 3.49. The lowest BCUT2D eigenvalue weighted by Gasteiger charge is -2.21. The first kappa shape index (κ1) is 13.8. The van der Waals surface area contributed by atoms with Crippen molar-refractivity contribution < 1.29 is 4.79 Å². The lowest BCUT2D eigenvalue weighted by Crippen LogP contribution is -2.32. The van der Waals surface area contributed by atoms with Crippen LogP contribution >= 0.6 is 0 Å². The highest BCUT2D eigenvalue weighted by molar-refractivity contribution is 5.79. The van der Waals surface area contributed by atoms with E-state index >= 15 is 0 Å². The van der Waals surface area contributed by atoms with Gasteiger partial charge >= 0.3 is 0 Å². The Bertz CT molecular complexity index is 662. The van der Waals surface area contributed by atoms with Crippen molar-refractivity contribution in [1.29, 1.82) is 0 Å². The van der Waals surface area contributed by atoms with Crippen molar-refractivity contribution in [1.82, 2.24) is 19.4 Å². The summed E-state index contributed by atoms with van der Waals surface area (Å²) in [6.07, 6.45) is 4.26. The third kappa shape index (κ3) is 2.55. The SMILES string of the molecule is Cc1cccc(-c2nccn2[C@H]2CC(=O)N(C(C)C)C2)n1. The van der Waals surface area contributed by atoms with Crippen LogP contribution in [0.15, 0.2) is 30.6 Å². The number of carbonyl (C=O) groups is 1. The van der Waals surface area contributed by atoms with Crippen molar-refractivity contribution >= 4 is 5.91 Å². The van der Waals surface area contributed by atoms with Crippen LogP contribution in [0.25, 0.3) is 11.5 Å². The topological polar surface area (TPSA) is 51.0 Å². The maximum atomic E-state index is 12.1. The van der Waals surface area contributed by atoms with Gasteiger partial charge in [-0.3, -0.25) is 4.79 Å². The van der Waals surface area contributed by atoms with E-state index < -0.39 is 0 Å². The van der Waals surface area contributed by atoms with Gasteiger partial charge in [-0.25, -0.2) is 9.97 Å². The van der Waals surface area contributed by atoms with Gasteiger partial charge < -0.3 is 9.47 Å². The molecule has 0 aromatic carbocycles. The number of likely N-dealkylation sites (tertiary alicyclic amines) is 1. The molecule has 1 atom stereocenters. The van der Waals surface area contributed by atoms with Gasteiger partial charge in [0.05, 0.1) is 6.04 Å². The largest absolute Gasteiger partial charge is 0.338 e. The number of rotatable bonds is 3. The number of imidazole rings is 1. The van der Waals surface area contributed by atoms with E-state index in [0.29, 0.717) is 6.42 Å². The summed E-state index contributed by atoms with van der Waals surface area (Å²) in [5.41, 5.74) is 1.82. The van der Waals surface area contributed by atoms with Crippen molar-refractivity contribution in [3.63, 3.8) is 0 Å². The number of aryl methyl sites for hydroxylation is 1. The fourth-order valence-corrected chi connectivity index (χ4v) is 2.87. The Labute approximate surface area is 124 Å². The number of pyridine rings is 1. The van der Waals surface area contributed by atoms with Gasteiger partial charge in [-0.15, -0.1) is 0 Å². The van der Waals surface area contributed by atoms with Gasteiger partial charge in [-0.2, -0.15) is 0 Å². The van der Waals surface area contributed by atoms with Gasteiger partial charge in [0.25, 0.3) is 0 Å². The van der Waals surface area contributed by atoms with Crippen molar-refractivity contribution in [3.8, 4) is 11.5 Å². The van der Waals surface area contributed by atoms with Crippen molar-refractivity contribution in [3.05, 3.63) is 36.3 Å². The van der Waals surface area contributed by atoms with E-state index in [2.05, 4.69) is 28.4 Å². The van der Waals surface area contributed by atoms with E-state index in [1.165, 1.54) is 0 Å². The monoisotopic (exact) mass is 284 g/mol. The molecule has 1 amide bonds. The van der Waals surface area contributed by atoms with Gasteiger partial charge in [0, 0.05) is 37.1 Å². The summed E-state index contributed by atoms with van der Waals surface area (Å²) in [5, 5.41) is 0. The average molecular weight is 284 g/mol. The summed E-state index contributed by atoms with van der Waals surface area (Å²) in [5.74, 6) is 1.05. The van der Waals surface area contributed by atoms with E-state index in [4.69, 9.17) is 0 Å². The van der Waals surface area contributed by atoms with E-state index in [-0.39, 0.29) is 18.0 Å². The molecule has 5 heteroatoms. The summed E-state index contributed by atoms with van der Waals surface area (Å²) in [7, 11) is 0. The van der Waals surface area contributed by atoms with E-state index in [0.717, 1.165) is 23.8 Å². The van der Waals surface area contributed by atoms with Crippen LogP contribution in [-0.2, 0) is 4.79 Å². The molecule has 110 valence electrons. The fraction of sp³-hybridized carbons (Fsp3) is 0.438. The number of aromatic nitrogens is 3. The van der Waals surface area contributed by atoms with E-state index in [1.54, 1.807) is 6.20 Å². The highest BCUT2D eigenvalue weighted by Gasteiger charge is 2.33. The van der Waals surface area contributed by atoms with Crippen LogP contribution in [0, 0.1) is 6.92 Å². The van der Waals surface area contributed by atoms with Crippen LogP contribution in [-0.4, -0.2) is 37.9 Å². The minimum absolute atomic E-state index is 0.139. The first-order valence-corrected chi connectivity index (χ1v) is 7.32. The lowest BCUT2D eigenvalue weighted by molar-refractivity contribution is -0.129. The van der Waals surface area contributed by atoms with Gasteiger partial charge in [0.2, 0.25) is 5.91 Å². The lowest BCUT2D eigenvalue weighted by atomic mass is 10.2. The summed E-state index contributed by atoms with van der Waals surface area (Å²) < 4.78 is 2.09. The molecular weight excluding hydrogens is 264 g/mol. The van der Waals surface area contributed by atoms with Crippen LogP contribution in [0.4, 0.5) is 0 Å². The van der Waals surface area contributed by atoms with Gasteiger partial charge in [-0.05, 0) is 32.9 Å². The van der Waals surface area contributed by atoms with Crippen LogP contribution < -0.4 is 0 Å². The molecule has 0 radical (unpaired) electrons. The molecule has 5 nitrogen and oxygen atoms in total. The summed E-state index contributed by atoms with van der Waals surface area (Å²) in [6.45, 7) is 6.82. The number of carbonyl (C=O) groups excluding carboxylic acids is 1. The third-order valence-electron chi connectivity index (χ3n) is 3.94. The number of hydrogen-bond acceptors (Lipinski definition) is 3. The average Bonchev–Trinajstić information content (AvgIpc) is 3.04. The fourth-order valence-electron chi connectivity index (χ4n) is 2.87.